The van der Waals surface area contributed by atoms with E-state index in [2.05, 4.69) is 17.6 Å². The normalized spacial score (nSPS) is 30.7. The smallest absolute Gasteiger partial charge is 0.324 e. The average Bonchev–Trinajstić information content (AvgIpc) is 2.61. The summed E-state index contributed by atoms with van der Waals surface area (Å²) in [4.78, 5) is 24.2. The fraction of sp³-hybridized carbons (Fsp3) is 0.818. The van der Waals surface area contributed by atoms with Crippen molar-refractivity contribution in [3.05, 3.63) is 0 Å². The molecule has 0 radical (unpaired) electrons. The maximum Gasteiger partial charge on any atom is 0.324 e. The minimum atomic E-state index is -0.243. The third-order valence-electron chi connectivity index (χ3n) is 3.57. The molecule has 0 aromatic heterocycles. The van der Waals surface area contributed by atoms with Crippen molar-refractivity contribution in [2.75, 3.05) is 19.6 Å². The summed E-state index contributed by atoms with van der Waals surface area (Å²) in [6, 6.07) is 0.0266. The van der Waals surface area contributed by atoms with Gasteiger partial charge in [-0.15, -0.1) is 0 Å². The Morgan fingerprint density at radius 3 is 2.88 bits per heavy atom. The van der Waals surface area contributed by atoms with E-state index in [1.54, 1.807) is 0 Å². The predicted octanol–water partition coefficient (Wildman–Crippen LogP) is 0.316. The van der Waals surface area contributed by atoms with E-state index in [-0.39, 0.29) is 24.5 Å². The van der Waals surface area contributed by atoms with Crippen molar-refractivity contribution in [1.29, 1.82) is 0 Å². The Balaban J connectivity index is 1.96. The highest BCUT2D eigenvalue weighted by atomic mass is 16.2. The van der Waals surface area contributed by atoms with E-state index in [1.165, 1.54) is 17.7 Å². The van der Waals surface area contributed by atoms with Crippen LogP contribution in [0.3, 0.4) is 0 Å². The largest absolute Gasteiger partial charge is 0.329 e. The molecule has 2 heterocycles. The number of hydrogen-bond acceptors (Lipinski definition) is 3. The quantitative estimate of drug-likeness (QED) is 0.680. The van der Waals surface area contributed by atoms with Crippen molar-refractivity contribution < 1.29 is 9.59 Å². The van der Waals surface area contributed by atoms with Crippen molar-refractivity contribution in [3.63, 3.8) is 0 Å². The first kappa shape index (κ1) is 11.4. The number of nitrogens with zero attached hydrogens (tertiary/aromatic N) is 1. The summed E-state index contributed by atoms with van der Waals surface area (Å²) in [5, 5.41) is 5.97. The van der Waals surface area contributed by atoms with Crippen molar-refractivity contribution >= 4 is 11.9 Å². The lowest BCUT2D eigenvalue weighted by Gasteiger charge is -2.33. The first-order chi connectivity index (χ1) is 7.72. The SMILES string of the molecule is CCC1CCCNC1CN1C(=O)CNC1=O. The molecule has 2 rings (SSSR count). The van der Waals surface area contributed by atoms with E-state index < -0.39 is 0 Å². The summed E-state index contributed by atoms with van der Waals surface area (Å²) >= 11 is 0. The third-order valence-corrected chi connectivity index (χ3v) is 3.57. The Morgan fingerprint density at radius 1 is 1.44 bits per heavy atom. The molecule has 5 heteroatoms. The second kappa shape index (κ2) is 4.82. The molecule has 0 aromatic rings. The molecule has 2 N–H and O–H groups in total. The molecule has 2 unspecified atom stereocenters. The highest BCUT2D eigenvalue weighted by Gasteiger charge is 2.33. The van der Waals surface area contributed by atoms with Gasteiger partial charge in [-0.1, -0.05) is 13.3 Å². The lowest BCUT2D eigenvalue weighted by molar-refractivity contribution is -0.125. The van der Waals surface area contributed by atoms with Crippen LogP contribution < -0.4 is 10.6 Å². The molecule has 90 valence electrons. The number of amides is 3. The molecule has 0 aromatic carbocycles. The van der Waals surface area contributed by atoms with Crippen LogP contribution in [0.25, 0.3) is 0 Å². The summed E-state index contributed by atoms with van der Waals surface area (Å²) in [6.07, 6.45) is 3.48. The molecule has 16 heavy (non-hydrogen) atoms. The summed E-state index contributed by atoms with van der Waals surface area (Å²) in [5.41, 5.74) is 0. The summed E-state index contributed by atoms with van der Waals surface area (Å²) in [5.74, 6) is 0.474. The van der Waals surface area contributed by atoms with E-state index in [1.807, 2.05) is 0 Å². The second-order valence-electron chi connectivity index (χ2n) is 4.53. The monoisotopic (exact) mass is 225 g/mol. The maximum atomic E-state index is 11.5. The molecule has 0 bridgehead atoms. The molecule has 0 spiro atoms. The van der Waals surface area contributed by atoms with Crippen molar-refractivity contribution in [1.82, 2.24) is 15.5 Å². The second-order valence-corrected chi connectivity index (χ2v) is 4.53. The van der Waals surface area contributed by atoms with Crippen LogP contribution in [-0.2, 0) is 4.79 Å². The van der Waals surface area contributed by atoms with Gasteiger partial charge in [-0.05, 0) is 25.3 Å². The van der Waals surface area contributed by atoms with Gasteiger partial charge in [0.1, 0.15) is 0 Å². The third kappa shape index (κ3) is 2.19. The van der Waals surface area contributed by atoms with Gasteiger partial charge < -0.3 is 10.6 Å². The molecule has 2 saturated heterocycles. The number of piperidine rings is 1. The van der Waals surface area contributed by atoms with E-state index in [0.717, 1.165) is 13.0 Å². The lowest BCUT2D eigenvalue weighted by atomic mass is 9.88. The molecule has 2 aliphatic heterocycles. The molecular weight excluding hydrogens is 206 g/mol. The number of nitrogens with one attached hydrogen (secondary N) is 2. The fourth-order valence-electron chi connectivity index (χ4n) is 2.56. The minimum Gasteiger partial charge on any atom is -0.329 e. The van der Waals surface area contributed by atoms with Crippen molar-refractivity contribution in [2.24, 2.45) is 5.92 Å². The zero-order chi connectivity index (χ0) is 11.5. The van der Waals surface area contributed by atoms with Crippen LogP contribution in [0.15, 0.2) is 0 Å². The van der Waals surface area contributed by atoms with Crippen molar-refractivity contribution in [2.45, 2.75) is 32.2 Å². The maximum absolute atomic E-state index is 11.5. The number of carbonyl (C=O) groups excluding carboxylic acids is 2. The van der Waals surface area contributed by atoms with Crippen LogP contribution in [0.4, 0.5) is 4.79 Å². The average molecular weight is 225 g/mol. The zero-order valence-electron chi connectivity index (χ0n) is 9.66. The molecule has 2 aliphatic rings. The Bertz CT molecular complexity index is 277. The van der Waals surface area contributed by atoms with Crippen LogP contribution >= 0.6 is 0 Å². The molecule has 0 aliphatic carbocycles. The highest BCUT2D eigenvalue weighted by Crippen LogP contribution is 2.21. The number of carbonyl (C=O) groups is 2. The van der Waals surface area contributed by atoms with E-state index >= 15 is 0 Å². The lowest BCUT2D eigenvalue weighted by Crippen LogP contribution is -2.50. The van der Waals surface area contributed by atoms with Gasteiger partial charge in [0.05, 0.1) is 6.54 Å². The molecule has 5 nitrogen and oxygen atoms in total. The summed E-state index contributed by atoms with van der Waals surface area (Å²) in [6.45, 7) is 3.83. The first-order valence-electron chi connectivity index (χ1n) is 6.04. The molecule has 3 amide bonds. The number of rotatable bonds is 3. The van der Waals surface area contributed by atoms with Crippen LogP contribution in [0.1, 0.15) is 26.2 Å². The van der Waals surface area contributed by atoms with Crippen LogP contribution in [0.5, 0.6) is 0 Å². The van der Waals surface area contributed by atoms with Crippen molar-refractivity contribution in [3.8, 4) is 0 Å². The summed E-state index contributed by atoms with van der Waals surface area (Å²) < 4.78 is 0. The standard InChI is InChI=1S/C11H19N3O2/c1-2-8-4-3-5-12-9(8)7-14-10(15)6-13-11(14)16/h8-9,12H,2-7H2,1H3,(H,13,16). The molecular formula is C11H19N3O2. The Hall–Kier alpha value is -1.10. The van der Waals surface area contributed by atoms with Gasteiger partial charge >= 0.3 is 6.03 Å². The number of urea groups is 1. The fourth-order valence-corrected chi connectivity index (χ4v) is 2.56. The van der Waals surface area contributed by atoms with E-state index in [9.17, 15) is 9.59 Å². The zero-order valence-corrected chi connectivity index (χ0v) is 9.66. The van der Waals surface area contributed by atoms with Gasteiger partial charge in [0.2, 0.25) is 5.91 Å². The van der Waals surface area contributed by atoms with Gasteiger partial charge in [-0.2, -0.15) is 0 Å². The minimum absolute atomic E-state index is 0.104. The number of imide groups is 1. The van der Waals surface area contributed by atoms with Gasteiger partial charge in [-0.3, -0.25) is 9.69 Å². The Kier molecular flexibility index (Phi) is 3.43. The van der Waals surface area contributed by atoms with Gasteiger partial charge in [0.25, 0.3) is 0 Å². The summed E-state index contributed by atoms with van der Waals surface area (Å²) in [7, 11) is 0. The van der Waals surface area contributed by atoms with Crippen LogP contribution in [0.2, 0.25) is 0 Å². The highest BCUT2D eigenvalue weighted by molar-refractivity contribution is 6.01. The van der Waals surface area contributed by atoms with Crippen LogP contribution in [-0.4, -0.2) is 42.5 Å². The predicted molar refractivity (Wildman–Crippen MR) is 59.9 cm³/mol. The number of hydrogen-bond donors (Lipinski definition) is 2. The molecule has 0 saturated carbocycles. The van der Waals surface area contributed by atoms with Gasteiger partial charge in [-0.25, -0.2) is 4.79 Å². The molecule has 2 fully saturated rings. The van der Waals surface area contributed by atoms with Crippen LogP contribution in [0, 0.1) is 5.92 Å². The van der Waals surface area contributed by atoms with Gasteiger partial charge in [0.15, 0.2) is 0 Å². The molecule has 2 atom stereocenters. The Labute approximate surface area is 95.6 Å². The van der Waals surface area contributed by atoms with E-state index in [0.29, 0.717) is 12.5 Å². The first-order valence-corrected chi connectivity index (χ1v) is 6.04. The topological polar surface area (TPSA) is 61.4 Å². The Morgan fingerprint density at radius 2 is 2.25 bits per heavy atom. The van der Waals surface area contributed by atoms with Gasteiger partial charge in [0, 0.05) is 12.6 Å². The van der Waals surface area contributed by atoms with E-state index in [4.69, 9.17) is 0 Å².